The van der Waals surface area contributed by atoms with Crippen LogP contribution in [0, 0.1) is 15.9 Å². The number of nitro benzene ring substituents is 1. The molecule has 0 bridgehead atoms. The predicted molar refractivity (Wildman–Crippen MR) is 78.3 cm³/mol. The molecule has 1 aromatic carbocycles. The van der Waals surface area contributed by atoms with E-state index in [0.29, 0.717) is 0 Å². The molecule has 0 unspecified atom stereocenters. The zero-order valence-electron chi connectivity index (χ0n) is 12.2. The molecule has 0 saturated carbocycles. The second-order valence-electron chi connectivity index (χ2n) is 5.48. The molecule has 10 heteroatoms. The van der Waals surface area contributed by atoms with E-state index < -0.39 is 31.6 Å². The van der Waals surface area contributed by atoms with Crippen LogP contribution in [0.25, 0.3) is 0 Å². The van der Waals surface area contributed by atoms with Crippen molar-refractivity contribution in [3.63, 3.8) is 0 Å². The van der Waals surface area contributed by atoms with Crippen molar-refractivity contribution in [1.29, 1.82) is 0 Å². The molecule has 0 aliphatic carbocycles. The molecule has 2 heterocycles. The average molecular weight is 343 g/mol. The Morgan fingerprint density at radius 2 is 2.26 bits per heavy atom. The van der Waals surface area contributed by atoms with Crippen molar-refractivity contribution in [2.75, 3.05) is 20.3 Å². The van der Waals surface area contributed by atoms with Crippen LogP contribution >= 0.6 is 0 Å². The van der Waals surface area contributed by atoms with Crippen LogP contribution in [0.5, 0.6) is 0 Å². The van der Waals surface area contributed by atoms with Crippen LogP contribution in [-0.2, 0) is 20.3 Å². The smallest absolute Gasteiger partial charge is 0.270 e. The topological polar surface area (TPSA) is 102 Å². The number of halogens is 1. The van der Waals surface area contributed by atoms with Crippen molar-refractivity contribution in [3.05, 3.63) is 52.1 Å². The SMILES string of the molecule is C=C1N[C@@]2(c3cc([N+](=O)[O-])ccc3F)COC[C@H]2S(=O)(=O)N1C. The number of nitro groups is 1. The van der Waals surface area contributed by atoms with Gasteiger partial charge in [0.2, 0.25) is 10.0 Å². The normalized spacial score (nSPS) is 29.0. The molecular weight excluding hydrogens is 329 g/mol. The Balaban J connectivity index is 2.23. The summed E-state index contributed by atoms with van der Waals surface area (Å²) in [6, 6.07) is 3.02. The van der Waals surface area contributed by atoms with Crippen molar-refractivity contribution in [2.45, 2.75) is 10.8 Å². The summed E-state index contributed by atoms with van der Waals surface area (Å²) < 4.78 is 45.8. The molecule has 2 aliphatic heterocycles. The maximum Gasteiger partial charge on any atom is 0.270 e. The zero-order chi connectivity index (χ0) is 17.0. The van der Waals surface area contributed by atoms with Crippen LogP contribution in [0.1, 0.15) is 5.56 Å². The number of fused-ring (bicyclic) bond motifs is 1. The molecule has 0 amide bonds. The molecule has 0 aromatic heterocycles. The highest BCUT2D eigenvalue weighted by atomic mass is 32.2. The van der Waals surface area contributed by atoms with E-state index in [-0.39, 0.29) is 30.3 Å². The van der Waals surface area contributed by atoms with Gasteiger partial charge in [0.1, 0.15) is 22.4 Å². The van der Waals surface area contributed by atoms with E-state index in [2.05, 4.69) is 11.9 Å². The first-order chi connectivity index (χ1) is 10.7. The van der Waals surface area contributed by atoms with Gasteiger partial charge in [0.05, 0.1) is 18.1 Å². The quantitative estimate of drug-likeness (QED) is 0.625. The second-order valence-corrected chi connectivity index (χ2v) is 7.63. The van der Waals surface area contributed by atoms with Crippen LogP contribution in [-0.4, -0.2) is 43.2 Å². The van der Waals surface area contributed by atoms with E-state index in [0.717, 1.165) is 22.5 Å². The van der Waals surface area contributed by atoms with Gasteiger partial charge in [-0.05, 0) is 6.07 Å². The number of nitrogens with zero attached hydrogens (tertiary/aromatic N) is 2. The van der Waals surface area contributed by atoms with Gasteiger partial charge in [-0.1, -0.05) is 6.58 Å². The van der Waals surface area contributed by atoms with Crippen LogP contribution in [0.15, 0.2) is 30.6 Å². The summed E-state index contributed by atoms with van der Waals surface area (Å²) in [7, 11) is -2.50. The van der Waals surface area contributed by atoms with Gasteiger partial charge in [-0.15, -0.1) is 0 Å². The molecule has 1 aromatic rings. The number of benzene rings is 1. The van der Waals surface area contributed by atoms with E-state index in [9.17, 15) is 22.9 Å². The molecule has 8 nitrogen and oxygen atoms in total. The average Bonchev–Trinajstić information content (AvgIpc) is 2.91. The van der Waals surface area contributed by atoms with E-state index in [4.69, 9.17) is 4.74 Å². The molecule has 2 atom stereocenters. The highest BCUT2D eigenvalue weighted by Crippen LogP contribution is 2.42. The molecule has 2 aliphatic rings. The molecule has 23 heavy (non-hydrogen) atoms. The van der Waals surface area contributed by atoms with Gasteiger partial charge < -0.3 is 10.1 Å². The maximum absolute atomic E-state index is 14.4. The van der Waals surface area contributed by atoms with Crippen molar-refractivity contribution in [1.82, 2.24) is 9.62 Å². The largest absolute Gasteiger partial charge is 0.377 e. The lowest BCUT2D eigenvalue weighted by Crippen LogP contribution is -2.63. The summed E-state index contributed by atoms with van der Waals surface area (Å²) in [4.78, 5) is 10.3. The highest BCUT2D eigenvalue weighted by Gasteiger charge is 2.58. The molecule has 2 saturated heterocycles. The number of nitrogens with one attached hydrogen (secondary N) is 1. The Morgan fingerprint density at radius 1 is 1.57 bits per heavy atom. The van der Waals surface area contributed by atoms with E-state index >= 15 is 0 Å². The highest BCUT2D eigenvalue weighted by molar-refractivity contribution is 7.90. The fraction of sp³-hybridized carbons (Fsp3) is 0.385. The van der Waals surface area contributed by atoms with Gasteiger partial charge >= 0.3 is 0 Å². The lowest BCUT2D eigenvalue weighted by Gasteiger charge is -2.44. The molecular formula is C13H14FN3O5S. The molecule has 124 valence electrons. The molecule has 2 fully saturated rings. The summed E-state index contributed by atoms with van der Waals surface area (Å²) in [5, 5.41) is 12.7. The minimum Gasteiger partial charge on any atom is -0.377 e. The lowest BCUT2D eigenvalue weighted by atomic mass is 9.87. The van der Waals surface area contributed by atoms with Crippen molar-refractivity contribution in [3.8, 4) is 0 Å². The minimum absolute atomic E-state index is 0.0534. The molecule has 0 radical (unpaired) electrons. The van der Waals surface area contributed by atoms with Gasteiger partial charge in [-0.25, -0.2) is 12.8 Å². The first-order valence-corrected chi connectivity index (χ1v) is 8.17. The van der Waals surface area contributed by atoms with Crippen molar-refractivity contribution in [2.24, 2.45) is 0 Å². The summed E-state index contributed by atoms with van der Waals surface area (Å²) in [6.45, 7) is 3.35. The van der Waals surface area contributed by atoms with Gasteiger partial charge in [-0.2, -0.15) is 0 Å². The fourth-order valence-corrected chi connectivity index (χ4v) is 4.75. The third-order valence-corrected chi connectivity index (χ3v) is 6.52. The van der Waals surface area contributed by atoms with Crippen molar-refractivity contribution < 1.29 is 22.5 Å². The molecule has 0 spiro atoms. The predicted octanol–water partition coefficient (Wildman–Crippen LogP) is 0.664. The number of non-ortho nitro benzene ring substituents is 1. The minimum atomic E-state index is -3.83. The maximum atomic E-state index is 14.4. The van der Waals surface area contributed by atoms with E-state index in [1.165, 1.54) is 7.05 Å². The van der Waals surface area contributed by atoms with Gasteiger partial charge in [0, 0.05) is 24.7 Å². The number of sulfonamides is 1. The van der Waals surface area contributed by atoms with Gasteiger partial charge in [0.25, 0.3) is 5.69 Å². The molecule has 1 N–H and O–H groups in total. The number of hydrogen-bond donors (Lipinski definition) is 1. The fourth-order valence-electron chi connectivity index (χ4n) is 2.99. The first kappa shape index (κ1) is 15.7. The third kappa shape index (κ3) is 2.09. The Hall–Kier alpha value is -2.20. The standard InChI is InChI=1S/C13H14FN3O5S/c1-8-15-13(7-22-6-12(13)23(20,21)16(8)2)10-5-9(17(18)19)3-4-11(10)14/h3-5,12,15H,1,6-7H2,2H3/t12-,13-/m1/s1. The van der Waals surface area contributed by atoms with Crippen LogP contribution < -0.4 is 5.32 Å². The number of ether oxygens (including phenoxy) is 1. The second kappa shape index (κ2) is 4.90. The van der Waals surface area contributed by atoms with Crippen LogP contribution in [0.2, 0.25) is 0 Å². The van der Waals surface area contributed by atoms with E-state index in [1.54, 1.807) is 0 Å². The van der Waals surface area contributed by atoms with Crippen molar-refractivity contribution >= 4 is 15.7 Å². The number of hydrogen-bond acceptors (Lipinski definition) is 6. The first-order valence-electron chi connectivity index (χ1n) is 6.67. The van der Waals surface area contributed by atoms with Crippen LogP contribution in [0.3, 0.4) is 0 Å². The van der Waals surface area contributed by atoms with Crippen LogP contribution in [0.4, 0.5) is 10.1 Å². The van der Waals surface area contributed by atoms with Gasteiger partial charge in [0.15, 0.2) is 0 Å². The Bertz CT molecular complexity index is 812. The summed E-state index contributed by atoms with van der Waals surface area (Å²) in [6.07, 6.45) is 0. The Labute approximate surface area is 131 Å². The summed E-state index contributed by atoms with van der Waals surface area (Å²) in [5.41, 5.74) is -1.89. The zero-order valence-corrected chi connectivity index (χ0v) is 13.0. The third-order valence-electron chi connectivity index (χ3n) is 4.28. The Kier molecular flexibility index (Phi) is 3.34. The Morgan fingerprint density at radius 3 is 2.91 bits per heavy atom. The summed E-state index contributed by atoms with van der Waals surface area (Å²) >= 11 is 0. The monoisotopic (exact) mass is 343 g/mol. The molecule has 3 rings (SSSR count). The van der Waals surface area contributed by atoms with E-state index in [1.807, 2.05) is 0 Å². The number of rotatable bonds is 2. The lowest BCUT2D eigenvalue weighted by molar-refractivity contribution is -0.385. The van der Waals surface area contributed by atoms with Gasteiger partial charge in [-0.3, -0.25) is 14.4 Å². The summed E-state index contributed by atoms with van der Waals surface area (Å²) in [5.74, 6) is -0.691.